The van der Waals surface area contributed by atoms with Gasteiger partial charge in [-0.2, -0.15) is 8.78 Å². The Morgan fingerprint density at radius 2 is 2.13 bits per heavy atom. The molecule has 0 saturated heterocycles. The maximum atomic E-state index is 12.1. The predicted octanol–water partition coefficient (Wildman–Crippen LogP) is 2.76. The molecular formula is C11H13F2NO. The molecule has 0 bridgehead atoms. The normalized spacial score (nSPS) is 10.5. The monoisotopic (exact) mass is 213 g/mol. The van der Waals surface area contributed by atoms with E-state index < -0.39 is 12.3 Å². The van der Waals surface area contributed by atoms with Crippen LogP contribution in [0.1, 0.15) is 18.1 Å². The second kappa shape index (κ2) is 4.87. The van der Waals surface area contributed by atoms with Crippen molar-refractivity contribution in [2.24, 2.45) is 0 Å². The van der Waals surface area contributed by atoms with E-state index in [2.05, 4.69) is 5.32 Å². The minimum absolute atomic E-state index is 0.505. The highest BCUT2D eigenvalue weighted by Gasteiger charge is 2.17. The first kappa shape index (κ1) is 11.6. The minimum atomic E-state index is -2.98. The van der Waals surface area contributed by atoms with Gasteiger partial charge in [0.2, 0.25) is 0 Å². The van der Waals surface area contributed by atoms with Gasteiger partial charge in [-0.25, -0.2) is 0 Å². The first-order valence-electron chi connectivity index (χ1n) is 4.73. The van der Waals surface area contributed by atoms with Crippen molar-refractivity contribution in [3.05, 3.63) is 29.3 Å². The summed E-state index contributed by atoms with van der Waals surface area (Å²) in [5, 5.41) is 2.24. The zero-order chi connectivity index (χ0) is 11.4. The molecule has 0 saturated carbocycles. The van der Waals surface area contributed by atoms with Crippen LogP contribution in [-0.2, 0) is 11.2 Å². The zero-order valence-electron chi connectivity index (χ0n) is 8.68. The van der Waals surface area contributed by atoms with Crippen molar-refractivity contribution < 1.29 is 13.6 Å². The van der Waals surface area contributed by atoms with Gasteiger partial charge in [-0.15, -0.1) is 0 Å². The number of hydrogen-bond acceptors (Lipinski definition) is 1. The Morgan fingerprint density at radius 1 is 1.47 bits per heavy atom. The fraction of sp³-hybridized carbons (Fsp3) is 0.364. The van der Waals surface area contributed by atoms with Crippen LogP contribution < -0.4 is 5.32 Å². The number of rotatable bonds is 3. The number of amides is 1. The fourth-order valence-corrected chi connectivity index (χ4v) is 1.38. The molecule has 4 heteroatoms. The molecule has 0 aliphatic carbocycles. The van der Waals surface area contributed by atoms with E-state index in [1.165, 1.54) is 0 Å². The molecule has 0 heterocycles. The highest BCUT2D eigenvalue weighted by atomic mass is 19.3. The number of benzene rings is 1. The number of carbonyl (C=O) groups is 1. The molecular weight excluding hydrogens is 200 g/mol. The first-order chi connectivity index (χ1) is 7.06. The van der Waals surface area contributed by atoms with Crippen molar-refractivity contribution in [3.63, 3.8) is 0 Å². The van der Waals surface area contributed by atoms with E-state index >= 15 is 0 Å². The molecule has 0 atom stereocenters. The van der Waals surface area contributed by atoms with Crippen LogP contribution in [-0.4, -0.2) is 12.3 Å². The Bertz CT molecular complexity index is 364. The van der Waals surface area contributed by atoms with Gasteiger partial charge in [-0.1, -0.05) is 25.1 Å². The molecule has 0 unspecified atom stereocenters. The van der Waals surface area contributed by atoms with Gasteiger partial charge in [0.15, 0.2) is 0 Å². The van der Waals surface area contributed by atoms with Gasteiger partial charge in [0.05, 0.1) is 0 Å². The van der Waals surface area contributed by atoms with Gasteiger partial charge in [0.1, 0.15) is 0 Å². The molecule has 0 spiro atoms. The molecule has 2 nitrogen and oxygen atoms in total. The van der Waals surface area contributed by atoms with E-state index in [1.807, 2.05) is 19.1 Å². The van der Waals surface area contributed by atoms with E-state index in [1.54, 1.807) is 13.0 Å². The summed E-state index contributed by atoms with van der Waals surface area (Å²) in [5.74, 6) is -1.25. The molecule has 0 radical (unpaired) electrons. The third-order valence-corrected chi connectivity index (χ3v) is 2.19. The summed E-state index contributed by atoms with van der Waals surface area (Å²) in [6.07, 6.45) is -2.28. The molecule has 1 aromatic rings. The lowest BCUT2D eigenvalue weighted by atomic mass is 10.1. The van der Waals surface area contributed by atoms with Crippen LogP contribution in [0.15, 0.2) is 18.2 Å². The van der Waals surface area contributed by atoms with Crippen LogP contribution in [0.2, 0.25) is 0 Å². The second-order valence-electron chi connectivity index (χ2n) is 3.25. The molecule has 1 aromatic carbocycles. The Morgan fingerprint density at radius 3 is 2.67 bits per heavy atom. The number of carbonyl (C=O) groups excluding carboxylic acids is 1. The molecule has 82 valence electrons. The van der Waals surface area contributed by atoms with Crippen molar-refractivity contribution in [2.45, 2.75) is 26.7 Å². The highest BCUT2D eigenvalue weighted by Crippen LogP contribution is 2.21. The van der Waals surface area contributed by atoms with E-state index in [4.69, 9.17) is 0 Å². The van der Waals surface area contributed by atoms with Gasteiger partial charge in [-0.3, -0.25) is 4.79 Å². The molecule has 1 rings (SSSR count). The van der Waals surface area contributed by atoms with Crippen LogP contribution in [0, 0.1) is 6.92 Å². The molecule has 0 fully saturated rings. The lowest BCUT2D eigenvalue weighted by molar-refractivity contribution is -0.126. The number of halogens is 2. The zero-order valence-corrected chi connectivity index (χ0v) is 8.68. The molecule has 15 heavy (non-hydrogen) atoms. The van der Waals surface area contributed by atoms with Gasteiger partial charge in [0, 0.05) is 5.69 Å². The standard InChI is InChI=1S/C11H13F2NO/c1-3-8-6-4-5-7(2)9(8)14-11(15)10(12)13/h4-6,10H,3H2,1-2H3,(H,14,15). The van der Waals surface area contributed by atoms with Crippen LogP contribution >= 0.6 is 0 Å². The second-order valence-corrected chi connectivity index (χ2v) is 3.25. The maximum Gasteiger partial charge on any atom is 0.315 e. The van der Waals surface area contributed by atoms with Gasteiger partial charge < -0.3 is 5.32 Å². The SMILES string of the molecule is CCc1cccc(C)c1NC(=O)C(F)F. The predicted molar refractivity (Wildman–Crippen MR) is 55.2 cm³/mol. The van der Waals surface area contributed by atoms with Gasteiger partial charge >= 0.3 is 6.43 Å². The average Bonchev–Trinajstić information content (AvgIpc) is 2.20. The number of hydrogen-bond donors (Lipinski definition) is 1. The summed E-state index contributed by atoms with van der Waals surface area (Å²) in [6, 6.07) is 5.43. The van der Waals surface area contributed by atoms with Crippen molar-refractivity contribution in [2.75, 3.05) is 5.32 Å². The minimum Gasteiger partial charge on any atom is -0.321 e. The summed E-state index contributed by atoms with van der Waals surface area (Å²) in [6.45, 7) is 3.69. The van der Waals surface area contributed by atoms with Crippen LogP contribution in [0.25, 0.3) is 0 Å². The third kappa shape index (κ3) is 2.75. The van der Waals surface area contributed by atoms with E-state index in [0.717, 1.165) is 11.1 Å². The van der Waals surface area contributed by atoms with Crippen molar-refractivity contribution in [1.29, 1.82) is 0 Å². The average molecular weight is 213 g/mol. The quantitative estimate of drug-likeness (QED) is 0.821. The summed E-state index contributed by atoms with van der Waals surface area (Å²) in [5.41, 5.74) is 2.16. The lowest BCUT2D eigenvalue weighted by Crippen LogP contribution is -2.21. The summed E-state index contributed by atoms with van der Waals surface area (Å²) in [7, 11) is 0. The Balaban J connectivity index is 2.97. The largest absolute Gasteiger partial charge is 0.321 e. The molecule has 1 amide bonds. The molecule has 0 aromatic heterocycles. The Labute approximate surface area is 87.3 Å². The third-order valence-electron chi connectivity index (χ3n) is 2.19. The Kier molecular flexibility index (Phi) is 3.77. The van der Waals surface area contributed by atoms with Crippen molar-refractivity contribution in [1.82, 2.24) is 0 Å². The summed E-state index contributed by atoms with van der Waals surface area (Å²) < 4.78 is 24.1. The summed E-state index contributed by atoms with van der Waals surface area (Å²) >= 11 is 0. The summed E-state index contributed by atoms with van der Waals surface area (Å²) in [4.78, 5) is 10.9. The number of anilines is 1. The molecule has 1 N–H and O–H groups in total. The highest BCUT2D eigenvalue weighted by molar-refractivity contribution is 5.94. The van der Waals surface area contributed by atoms with E-state index in [9.17, 15) is 13.6 Å². The lowest BCUT2D eigenvalue weighted by Gasteiger charge is -2.12. The molecule has 0 aliphatic heterocycles. The Hall–Kier alpha value is -1.45. The number of nitrogens with one attached hydrogen (secondary N) is 1. The van der Waals surface area contributed by atoms with Crippen molar-refractivity contribution in [3.8, 4) is 0 Å². The van der Waals surface area contributed by atoms with E-state index in [0.29, 0.717) is 12.1 Å². The number of alkyl halides is 2. The van der Waals surface area contributed by atoms with Crippen LogP contribution in [0.5, 0.6) is 0 Å². The number of aryl methyl sites for hydroxylation is 2. The van der Waals surface area contributed by atoms with Gasteiger partial charge in [0.25, 0.3) is 5.91 Å². The molecule has 0 aliphatic rings. The van der Waals surface area contributed by atoms with Crippen LogP contribution in [0.4, 0.5) is 14.5 Å². The smallest absolute Gasteiger partial charge is 0.315 e. The fourth-order valence-electron chi connectivity index (χ4n) is 1.38. The van der Waals surface area contributed by atoms with Gasteiger partial charge in [-0.05, 0) is 24.5 Å². The van der Waals surface area contributed by atoms with E-state index in [-0.39, 0.29) is 0 Å². The first-order valence-corrected chi connectivity index (χ1v) is 4.73. The topological polar surface area (TPSA) is 29.1 Å². The van der Waals surface area contributed by atoms with Crippen molar-refractivity contribution >= 4 is 11.6 Å². The van der Waals surface area contributed by atoms with Crippen LogP contribution in [0.3, 0.4) is 0 Å². The number of para-hydroxylation sites is 1. The maximum absolute atomic E-state index is 12.1.